The van der Waals surface area contributed by atoms with Gasteiger partial charge in [0, 0.05) is 31.0 Å². The summed E-state index contributed by atoms with van der Waals surface area (Å²) in [5.74, 6) is 0. The highest BCUT2D eigenvalue weighted by Crippen LogP contribution is 2.23. The van der Waals surface area contributed by atoms with Crippen LogP contribution in [0.25, 0.3) is 0 Å². The number of hydrogen-bond acceptors (Lipinski definition) is 3. The van der Waals surface area contributed by atoms with E-state index in [9.17, 15) is 5.11 Å². The fourth-order valence-electron chi connectivity index (χ4n) is 2.52. The van der Waals surface area contributed by atoms with Crippen LogP contribution < -0.4 is 0 Å². The minimum absolute atomic E-state index is 0.524. The van der Waals surface area contributed by atoms with Gasteiger partial charge >= 0.3 is 0 Å². The van der Waals surface area contributed by atoms with Crippen LogP contribution in [0.3, 0.4) is 0 Å². The van der Waals surface area contributed by atoms with E-state index in [-0.39, 0.29) is 0 Å². The molecular formula is C18H22Cl2N2O. The Hall–Kier alpha value is -1.13. The average molecular weight is 353 g/mol. The van der Waals surface area contributed by atoms with Gasteiger partial charge in [0.25, 0.3) is 0 Å². The molecule has 0 bridgehead atoms. The molecule has 0 aliphatic rings. The second kappa shape index (κ2) is 9.24. The number of benzene rings is 1. The minimum Gasteiger partial charge on any atom is -0.387 e. The Kier molecular flexibility index (Phi) is 7.31. The van der Waals surface area contributed by atoms with E-state index in [1.807, 2.05) is 30.3 Å². The van der Waals surface area contributed by atoms with Crippen LogP contribution in [0.4, 0.5) is 0 Å². The lowest BCUT2D eigenvalue weighted by Crippen LogP contribution is -2.31. The summed E-state index contributed by atoms with van der Waals surface area (Å²) in [5, 5.41) is 11.5. The van der Waals surface area contributed by atoms with E-state index in [0.717, 1.165) is 37.1 Å². The van der Waals surface area contributed by atoms with Gasteiger partial charge < -0.3 is 10.0 Å². The largest absolute Gasteiger partial charge is 0.387 e. The molecule has 124 valence electrons. The molecule has 1 unspecified atom stereocenters. The van der Waals surface area contributed by atoms with Crippen LogP contribution in [0.5, 0.6) is 0 Å². The Morgan fingerprint density at radius 2 is 2.00 bits per heavy atom. The molecule has 2 rings (SSSR count). The summed E-state index contributed by atoms with van der Waals surface area (Å²) >= 11 is 12.0. The first-order valence-electron chi connectivity index (χ1n) is 7.84. The molecule has 1 aromatic carbocycles. The first-order chi connectivity index (χ1) is 11.1. The maximum Gasteiger partial charge on any atom is 0.0931 e. The van der Waals surface area contributed by atoms with Crippen LogP contribution in [0, 0.1) is 0 Å². The standard InChI is InChI=1S/C18H22Cl2N2O/c1-2-9-22(13-18(23)15-4-3-8-21-12-15)10-7-14-5-6-16(19)17(20)11-14/h3-6,8,11-12,18,23H,2,7,9-10,13H2,1H3. The maximum atomic E-state index is 10.4. The SMILES string of the molecule is CCCN(CCc1ccc(Cl)c(Cl)c1)CC(O)c1cccnc1. The van der Waals surface area contributed by atoms with Crippen LogP contribution in [0.1, 0.15) is 30.6 Å². The summed E-state index contributed by atoms with van der Waals surface area (Å²) < 4.78 is 0. The van der Waals surface area contributed by atoms with E-state index < -0.39 is 6.10 Å². The van der Waals surface area contributed by atoms with Gasteiger partial charge in [-0.2, -0.15) is 0 Å². The molecule has 5 heteroatoms. The van der Waals surface area contributed by atoms with Gasteiger partial charge in [-0.05, 0) is 43.1 Å². The maximum absolute atomic E-state index is 10.4. The van der Waals surface area contributed by atoms with Crippen LogP contribution in [0.2, 0.25) is 10.0 Å². The van der Waals surface area contributed by atoms with Crippen molar-refractivity contribution < 1.29 is 5.11 Å². The molecule has 0 radical (unpaired) electrons. The third-order valence-electron chi connectivity index (χ3n) is 3.74. The molecule has 0 fully saturated rings. The lowest BCUT2D eigenvalue weighted by atomic mass is 10.1. The summed E-state index contributed by atoms with van der Waals surface area (Å²) in [5.41, 5.74) is 2.00. The molecule has 23 heavy (non-hydrogen) atoms. The topological polar surface area (TPSA) is 36.4 Å². The van der Waals surface area contributed by atoms with E-state index in [1.54, 1.807) is 12.4 Å². The van der Waals surface area contributed by atoms with Crippen molar-refractivity contribution in [3.8, 4) is 0 Å². The van der Waals surface area contributed by atoms with E-state index in [0.29, 0.717) is 16.6 Å². The summed E-state index contributed by atoms with van der Waals surface area (Å²) in [6, 6.07) is 9.48. The lowest BCUT2D eigenvalue weighted by molar-refractivity contribution is 0.113. The summed E-state index contributed by atoms with van der Waals surface area (Å²) in [7, 11) is 0. The first-order valence-corrected chi connectivity index (χ1v) is 8.60. The van der Waals surface area contributed by atoms with Crippen LogP contribution >= 0.6 is 23.2 Å². The fraction of sp³-hybridized carbons (Fsp3) is 0.389. The highest BCUT2D eigenvalue weighted by Gasteiger charge is 2.13. The number of pyridine rings is 1. The van der Waals surface area contributed by atoms with Crippen molar-refractivity contribution in [2.75, 3.05) is 19.6 Å². The number of hydrogen-bond donors (Lipinski definition) is 1. The van der Waals surface area contributed by atoms with Gasteiger partial charge in [0.1, 0.15) is 0 Å². The molecule has 1 aromatic heterocycles. The molecule has 0 aliphatic carbocycles. The fourth-order valence-corrected chi connectivity index (χ4v) is 2.84. The monoisotopic (exact) mass is 352 g/mol. The Morgan fingerprint density at radius 3 is 2.65 bits per heavy atom. The number of halogens is 2. The van der Waals surface area contributed by atoms with Crippen LogP contribution in [-0.2, 0) is 6.42 Å². The quantitative estimate of drug-likeness (QED) is 0.765. The van der Waals surface area contributed by atoms with Gasteiger partial charge in [-0.1, -0.05) is 42.3 Å². The van der Waals surface area contributed by atoms with Crippen molar-refractivity contribution >= 4 is 23.2 Å². The van der Waals surface area contributed by atoms with Crippen molar-refractivity contribution in [1.82, 2.24) is 9.88 Å². The molecule has 0 aliphatic heterocycles. The molecule has 0 saturated carbocycles. The molecule has 1 N–H and O–H groups in total. The molecule has 0 spiro atoms. The summed E-state index contributed by atoms with van der Waals surface area (Å²) in [6.07, 6.45) is 4.82. The van der Waals surface area contributed by atoms with Gasteiger partial charge in [-0.15, -0.1) is 0 Å². The third kappa shape index (κ3) is 5.78. The van der Waals surface area contributed by atoms with Gasteiger partial charge in [0.05, 0.1) is 16.1 Å². The van der Waals surface area contributed by atoms with E-state index in [2.05, 4.69) is 16.8 Å². The normalized spacial score (nSPS) is 12.6. The highest BCUT2D eigenvalue weighted by molar-refractivity contribution is 6.42. The van der Waals surface area contributed by atoms with Gasteiger partial charge in [0.15, 0.2) is 0 Å². The van der Waals surface area contributed by atoms with E-state index in [4.69, 9.17) is 23.2 Å². The summed E-state index contributed by atoms with van der Waals surface area (Å²) in [4.78, 5) is 6.33. The number of nitrogens with zero attached hydrogens (tertiary/aromatic N) is 2. The Balaban J connectivity index is 1.94. The second-order valence-corrected chi connectivity index (χ2v) is 6.42. The van der Waals surface area contributed by atoms with Gasteiger partial charge in [-0.3, -0.25) is 4.98 Å². The summed E-state index contributed by atoms with van der Waals surface area (Å²) in [6.45, 7) is 4.55. The van der Waals surface area contributed by atoms with Gasteiger partial charge in [-0.25, -0.2) is 0 Å². The molecule has 0 saturated heterocycles. The predicted octanol–water partition coefficient (Wildman–Crippen LogP) is 4.38. The number of aromatic nitrogens is 1. The number of aliphatic hydroxyl groups excluding tert-OH is 1. The van der Waals surface area contributed by atoms with E-state index in [1.165, 1.54) is 0 Å². The van der Waals surface area contributed by atoms with Crippen LogP contribution in [-0.4, -0.2) is 34.6 Å². The van der Waals surface area contributed by atoms with Crippen LogP contribution in [0.15, 0.2) is 42.7 Å². The van der Waals surface area contributed by atoms with Crippen molar-refractivity contribution in [2.45, 2.75) is 25.9 Å². The predicted molar refractivity (Wildman–Crippen MR) is 96.1 cm³/mol. The Labute approximate surface area is 147 Å². The zero-order valence-electron chi connectivity index (χ0n) is 13.3. The zero-order valence-corrected chi connectivity index (χ0v) is 14.8. The Morgan fingerprint density at radius 1 is 1.17 bits per heavy atom. The molecule has 2 aromatic rings. The third-order valence-corrected chi connectivity index (χ3v) is 4.48. The number of rotatable bonds is 8. The smallest absolute Gasteiger partial charge is 0.0931 e. The lowest BCUT2D eigenvalue weighted by Gasteiger charge is -2.24. The van der Waals surface area contributed by atoms with Crippen molar-refractivity contribution in [3.05, 3.63) is 63.9 Å². The first kappa shape index (κ1) is 18.2. The second-order valence-electron chi connectivity index (χ2n) is 5.60. The average Bonchev–Trinajstić information content (AvgIpc) is 2.56. The number of aliphatic hydroxyl groups is 1. The van der Waals surface area contributed by atoms with Crippen molar-refractivity contribution in [3.63, 3.8) is 0 Å². The Bertz CT molecular complexity index is 607. The molecular weight excluding hydrogens is 331 g/mol. The molecule has 1 atom stereocenters. The van der Waals surface area contributed by atoms with Crippen molar-refractivity contribution in [1.29, 1.82) is 0 Å². The molecule has 1 heterocycles. The zero-order chi connectivity index (χ0) is 16.7. The minimum atomic E-state index is -0.524. The van der Waals surface area contributed by atoms with Gasteiger partial charge in [0.2, 0.25) is 0 Å². The molecule has 0 amide bonds. The van der Waals surface area contributed by atoms with Crippen molar-refractivity contribution in [2.24, 2.45) is 0 Å². The molecule has 3 nitrogen and oxygen atoms in total. The van der Waals surface area contributed by atoms with E-state index >= 15 is 0 Å². The highest BCUT2D eigenvalue weighted by atomic mass is 35.5.